The van der Waals surface area contributed by atoms with Gasteiger partial charge in [-0.15, -0.1) is 0 Å². The normalized spacial score (nSPS) is 11.2. The molecule has 0 saturated carbocycles. The summed E-state index contributed by atoms with van der Waals surface area (Å²) in [5.74, 6) is 0.141. The van der Waals surface area contributed by atoms with Crippen LogP contribution < -0.4 is 9.47 Å². The topological polar surface area (TPSA) is 60.6 Å². The molecule has 148 valence electrons. The molecular weight excluding hydrogens is 375 g/mol. The molecular formula is C19H18F3N3O3. The minimum Gasteiger partial charge on any atom is -0.494 e. The number of rotatable bonds is 8. The van der Waals surface area contributed by atoms with Crippen molar-refractivity contribution in [2.75, 3.05) is 14.2 Å². The summed E-state index contributed by atoms with van der Waals surface area (Å²) >= 11 is 0. The van der Waals surface area contributed by atoms with E-state index in [1.165, 1.54) is 19.2 Å². The van der Waals surface area contributed by atoms with E-state index >= 15 is 0 Å². The first-order valence-corrected chi connectivity index (χ1v) is 8.34. The molecule has 0 unspecified atom stereocenters. The molecule has 0 fully saturated rings. The molecule has 0 atom stereocenters. The number of para-hydroxylation sites is 1. The second kappa shape index (κ2) is 8.75. The van der Waals surface area contributed by atoms with Crippen LogP contribution in [0.5, 0.6) is 11.5 Å². The Morgan fingerprint density at radius 3 is 2.61 bits per heavy atom. The van der Waals surface area contributed by atoms with Gasteiger partial charge in [0.1, 0.15) is 5.75 Å². The quantitative estimate of drug-likeness (QED) is 0.574. The second-order valence-corrected chi connectivity index (χ2v) is 6.03. The first-order chi connectivity index (χ1) is 13.5. The van der Waals surface area contributed by atoms with Crippen molar-refractivity contribution in [2.24, 2.45) is 0 Å². The molecule has 0 aliphatic rings. The lowest BCUT2D eigenvalue weighted by atomic mass is 10.2. The van der Waals surface area contributed by atoms with Crippen molar-refractivity contribution in [3.05, 3.63) is 59.7 Å². The van der Waals surface area contributed by atoms with Gasteiger partial charge in [0.05, 0.1) is 19.2 Å². The lowest BCUT2D eigenvalue weighted by Gasteiger charge is -2.14. The molecule has 6 nitrogen and oxygen atoms in total. The van der Waals surface area contributed by atoms with Crippen molar-refractivity contribution in [1.82, 2.24) is 15.0 Å². The van der Waals surface area contributed by atoms with Crippen LogP contribution in [0.3, 0.4) is 0 Å². The third-order valence-corrected chi connectivity index (χ3v) is 3.89. The van der Waals surface area contributed by atoms with Gasteiger partial charge in [0.25, 0.3) is 0 Å². The number of halogens is 3. The van der Waals surface area contributed by atoms with Crippen LogP contribution in [0.2, 0.25) is 0 Å². The highest BCUT2D eigenvalue weighted by Crippen LogP contribution is 2.29. The highest BCUT2D eigenvalue weighted by molar-refractivity contribution is 5.63. The molecule has 0 saturated heterocycles. The fourth-order valence-electron chi connectivity index (χ4n) is 2.69. The smallest absolute Gasteiger partial charge is 0.387 e. The van der Waals surface area contributed by atoms with Gasteiger partial charge in [0.2, 0.25) is 11.7 Å². The summed E-state index contributed by atoms with van der Waals surface area (Å²) in [5.41, 5.74) is 1.05. The molecule has 2 aromatic carbocycles. The Balaban J connectivity index is 1.69. The number of benzene rings is 2. The van der Waals surface area contributed by atoms with Crippen LogP contribution in [0.4, 0.5) is 13.2 Å². The van der Waals surface area contributed by atoms with E-state index in [9.17, 15) is 13.2 Å². The number of aromatic nitrogens is 2. The molecule has 28 heavy (non-hydrogen) atoms. The summed E-state index contributed by atoms with van der Waals surface area (Å²) in [6.45, 7) is -2.23. The first-order valence-electron chi connectivity index (χ1n) is 8.34. The zero-order valence-electron chi connectivity index (χ0n) is 15.2. The molecule has 0 aliphatic heterocycles. The number of methoxy groups -OCH3 is 1. The number of ether oxygens (including phenoxy) is 2. The van der Waals surface area contributed by atoms with Gasteiger partial charge in [0.15, 0.2) is 11.6 Å². The summed E-state index contributed by atoms with van der Waals surface area (Å²) in [4.78, 5) is 6.08. The Kier molecular flexibility index (Phi) is 6.15. The van der Waals surface area contributed by atoms with Gasteiger partial charge in [-0.1, -0.05) is 23.4 Å². The molecule has 0 bridgehead atoms. The zero-order chi connectivity index (χ0) is 20.1. The van der Waals surface area contributed by atoms with Gasteiger partial charge in [-0.3, -0.25) is 4.90 Å². The van der Waals surface area contributed by atoms with E-state index in [0.717, 1.165) is 5.56 Å². The van der Waals surface area contributed by atoms with Crippen molar-refractivity contribution in [2.45, 2.75) is 19.7 Å². The van der Waals surface area contributed by atoms with Gasteiger partial charge < -0.3 is 14.0 Å². The van der Waals surface area contributed by atoms with Gasteiger partial charge in [0, 0.05) is 6.54 Å². The third-order valence-electron chi connectivity index (χ3n) is 3.89. The van der Waals surface area contributed by atoms with E-state index in [2.05, 4.69) is 14.9 Å². The van der Waals surface area contributed by atoms with Crippen LogP contribution in [-0.2, 0) is 13.1 Å². The highest BCUT2D eigenvalue weighted by Gasteiger charge is 2.17. The molecule has 9 heteroatoms. The maximum absolute atomic E-state index is 13.8. The molecule has 1 aromatic heterocycles. The number of hydrogen-bond donors (Lipinski definition) is 0. The predicted octanol–water partition coefficient (Wildman–Crippen LogP) is 4.12. The van der Waals surface area contributed by atoms with Crippen LogP contribution in [0.1, 0.15) is 11.5 Å². The lowest BCUT2D eigenvalue weighted by Crippen LogP contribution is -2.17. The average Bonchev–Trinajstić information content (AvgIpc) is 3.10. The fourth-order valence-corrected chi connectivity index (χ4v) is 2.69. The van der Waals surface area contributed by atoms with Crippen LogP contribution in [0.25, 0.3) is 11.4 Å². The Bertz CT molecular complexity index is 934. The number of alkyl halides is 2. The van der Waals surface area contributed by atoms with E-state index in [1.54, 1.807) is 37.4 Å². The molecule has 1 heterocycles. The predicted molar refractivity (Wildman–Crippen MR) is 94.5 cm³/mol. The largest absolute Gasteiger partial charge is 0.494 e. The van der Waals surface area contributed by atoms with E-state index in [4.69, 9.17) is 9.26 Å². The van der Waals surface area contributed by atoms with Gasteiger partial charge >= 0.3 is 6.61 Å². The Morgan fingerprint density at radius 2 is 1.89 bits per heavy atom. The zero-order valence-corrected chi connectivity index (χ0v) is 15.2. The highest BCUT2D eigenvalue weighted by atomic mass is 19.3. The van der Waals surface area contributed by atoms with Crippen molar-refractivity contribution < 1.29 is 27.2 Å². The number of hydrogen-bond acceptors (Lipinski definition) is 6. The second-order valence-electron chi connectivity index (χ2n) is 6.03. The maximum Gasteiger partial charge on any atom is 0.387 e. The molecule has 0 amide bonds. The minimum absolute atomic E-state index is 0.0353. The van der Waals surface area contributed by atoms with E-state index in [-0.39, 0.29) is 17.3 Å². The molecule has 3 rings (SSSR count). The van der Waals surface area contributed by atoms with Crippen molar-refractivity contribution in [1.29, 1.82) is 0 Å². The molecule has 0 N–H and O–H groups in total. The SMILES string of the molecule is COc1ccc(CN(C)Cc2nc(-c3ccccc3OC(F)F)no2)cc1F. The molecule has 0 spiro atoms. The number of nitrogens with zero attached hydrogens (tertiary/aromatic N) is 3. The van der Waals surface area contributed by atoms with Crippen LogP contribution >= 0.6 is 0 Å². The van der Waals surface area contributed by atoms with Crippen LogP contribution in [-0.4, -0.2) is 35.8 Å². The summed E-state index contributed by atoms with van der Waals surface area (Å²) < 4.78 is 53.5. The summed E-state index contributed by atoms with van der Waals surface area (Å²) in [5, 5.41) is 3.84. The van der Waals surface area contributed by atoms with Gasteiger partial charge in [-0.2, -0.15) is 13.8 Å². The van der Waals surface area contributed by atoms with Gasteiger partial charge in [-0.25, -0.2) is 4.39 Å². The van der Waals surface area contributed by atoms with Crippen LogP contribution in [0.15, 0.2) is 47.0 Å². The van der Waals surface area contributed by atoms with Crippen LogP contribution in [0, 0.1) is 5.82 Å². The van der Waals surface area contributed by atoms with E-state index < -0.39 is 12.4 Å². The molecule has 0 aliphatic carbocycles. The summed E-state index contributed by atoms with van der Waals surface area (Å²) in [7, 11) is 3.21. The maximum atomic E-state index is 13.8. The Morgan fingerprint density at radius 1 is 1.11 bits per heavy atom. The van der Waals surface area contributed by atoms with Gasteiger partial charge in [-0.05, 0) is 36.9 Å². The lowest BCUT2D eigenvalue weighted by molar-refractivity contribution is -0.0494. The summed E-state index contributed by atoms with van der Waals surface area (Å²) in [6.07, 6.45) is 0. The van der Waals surface area contributed by atoms with Crippen molar-refractivity contribution in [3.63, 3.8) is 0 Å². The Labute approximate surface area is 159 Å². The van der Waals surface area contributed by atoms with Crippen molar-refractivity contribution >= 4 is 0 Å². The van der Waals surface area contributed by atoms with E-state index in [0.29, 0.717) is 24.5 Å². The average molecular weight is 393 g/mol. The fraction of sp³-hybridized carbons (Fsp3) is 0.263. The summed E-state index contributed by atoms with van der Waals surface area (Å²) in [6, 6.07) is 10.9. The monoisotopic (exact) mass is 393 g/mol. The Hall–Kier alpha value is -3.07. The van der Waals surface area contributed by atoms with E-state index in [1.807, 2.05) is 4.90 Å². The standard InChI is InChI=1S/C19H18F3N3O3/c1-25(10-12-7-8-16(26-2)14(20)9-12)11-17-23-18(24-28-17)13-5-3-4-6-15(13)27-19(21)22/h3-9,19H,10-11H2,1-2H3. The molecule has 3 aromatic rings. The third kappa shape index (κ3) is 4.80. The van der Waals surface area contributed by atoms with Crippen molar-refractivity contribution in [3.8, 4) is 22.9 Å². The minimum atomic E-state index is -2.96. The molecule has 0 radical (unpaired) electrons. The first kappa shape index (κ1) is 19.7.